The van der Waals surface area contributed by atoms with Crippen LogP contribution in [-0.4, -0.2) is 31.8 Å². The maximum Gasteiger partial charge on any atom is 0.234 e. The minimum Gasteiger partial charge on any atom is -0.504 e. The van der Waals surface area contributed by atoms with Gasteiger partial charge in [0.25, 0.3) is 0 Å². The number of amides is 1. The van der Waals surface area contributed by atoms with Gasteiger partial charge in [0.2, 0.25) is 5.91 Å². The lowest BCUT2D eigenvalue weighted by Gasteiger charge is -2.06. The largest absolute Gasteiger partial charge is 0.504 e. The molecule has 1 aromatic carbocycles. The molecule has 0 unspecified atom stereocenters. The summed E-state index contributed by atoms with van der Waals surface area (Å²) in [6.45, 7) is 1.85. The number of aryl methyl sites for hydroxylation is 1. The van der Waals surface area contributed by atoms with E-state index < -0.39 is 0 Å². The summed E-state index contributed by atoms with van der Waals surface area (Å²) in [5.41, 5.74) is 1.25. The van der Waals surface area contributed by atoms with Gasteiger partial charge in [-0.3, -0.25) is 4.79 Å². The number of carbonyl (C=O) groups excluding carboxylic acids is 1. The number of anilines is 1. The quantitative estimate of drug-likeness (QED) is 0.345. The van der Waals surface area contributed by atoms with E-state index >= 15 is 0 Å². The molecule has 0 saturated heterocycles. The fraction of sp³-hybridized carbons (Fsp3) is 0.154. The van der Waals surface area contributed by atoms with Gasteiger partial charge in [0.1, 0.15) is 0 Å². The summed E-state index contributed by atoms with van der Waals surface area (Å²) in [5.74, 6) is -0.598. The number of nitrogens with zero attached hydrogens (tertiary/aromatic N) is 2. The van der Waals surface area contributed by atoms with E-state index in [1.807, 2.05) is 6.92 Å². The van der Waals surface area contributed by atoms with E-state index in [2.05, 4.69) is 15.3 Å². The van der Waals surface area contributed by atoms with Crippen molar-refractivity contribution in [3.8, 4) is 11.5 Å². The van der Waals surface area contributed by atoms with E-state index in [9.17, 15) is 15.0 Å². The van der Waals surface area contributed by atoms with Crippen LogP contribution in [0.4, 0.5) is 5.69 Å². The molecule has 0 aliphatic carbocycles. The highest BCUT2D eigenvalue weighted by Crippen LogP contribution is 2.27. The van der Waals surface area contributed by atoms with Crippen LogP contribution in [0.15, 0.2) is 35.6 Å². The van der Waals surface area contributed by atoms with E-state index in [1.54, 1.807) is 12.3 Å². The first-order valence-electron chi connectivity index (χ1n) is 5.79. The van der Waals surface area contributed by atoms with E-state index in [0.29, 0.717) is 10.8 Å². The van der Waals surface area contributed by atoms with Crippen LogP contribution in [0.5, 0.6) is 11.5 Å². The van der Waals surface area contributed by atoms with Crippen LogP contribution in [0, 0.1) is 6.92 Å². The first-order valence-corrected chi connectivity index (χ1v) is 6.77. The maximum absolute atomic E-state index is 11.7. The summed E-state index contributed by atoms with van der Waals surface area (Å²) in [5, 5.41) is 21.6. The molecule has 20 heavy (non-hydrogen) atoms. The molecule has 7 heteroatoms. The Morgan fingerprint density at radius 3 is 2.80 bits per heavy atom. The zero-order valence-electron chi connectivity index (χ0n) is 10.7. The molecule has 0 radical (unpaired) electrons. The second-order valence-corrected chi connectivity index (χ2v) is 4.96. The van der Waals surface area contributed by atoms with Crippen LogP contribution < -0.4 is 5.32 Å². The molecule has 0 fully saturated rings. The monoisotopic (exact) mass is 291 g/mol. The van der Waals surface area contributed by atoms with Gasteiger partial charge in [-0.1, -0.05) is 11.8 Å². The Bertz CT molecular complexity index is 634. The van der Waals surface area contributed by atoms with Gasteiger partial charge in [-0.25, -0.2) is 9.97 Å². The van der Waals surface area contributed by atoms with Crippen LogP contribution in [0.1, 0.15) is 5.69 Å². The highest BCUT2D eigenvalue weighted by molar-refractivity contribution is 7.99. The van der Waals surface area contributed by atoms with Gasteiger partial charge < -0.3 is 15.5 Å². The average molecular weight is 291 g/mol. The third kappa shape index (κ3) is 3.86. The highest BCUT2D eigenvalue weighted by Gasteiger charge is 2.07. The van der Waals surface area contributed by atoms with Gasteiger partial charge in [0.05, 0.1) is 5.75 Å². The molecule has 2 rings (SSSR count). The number of hydrogen-bond acceptors (Lipinski definition) is 6. The summed E-state index contributed by atoms with van der Waals surface area (Å²) in [6, 6.07) is 5.87. The number of carbonyl (C=O) groups is 1. The maximum atomic E-state index is 11.7. The van der Waals surface area contributed by atoms with Crippen LogP contribution in [-0.2, 0) is 4.79 Å². The number of aromatic hydroxyl groups is 2. The van der Waals surface area contributed by atoms with Crippen molar-refractivity contribution < 1.29 is 15.0 Å². The second-order valence-electron chi connectivity index (χ2n) is 4.02. The topological polar surface area (TPSA) is 95.3 Å². The molecule has 0 saturated carbocycles. The van der Waals surface area contributed by atoms with Gasteiger partial charge in [0.15, 0.2) is 16.7 Å². The molecule has 0 bridgehead atoms. The number of hydrogen-bond donors (Lipinski definition) is 3. The number of aromatic nitrogens is 2. The molecular weight excluding hydrogens is 278 g/mol. The Morgan fingerprint density at radius 1 is 1.30 bits per heavy atom. The first-order chi connectivity index (χ1) is 9.54. The molecule has 104 valence electrons. The number of nitrogens with one attached hydrogen (secondary N) is 1. The summed E-state index contributed by atoms with van der Waals surface area (Å²) in [4.78, 5) is 20.0. The van der Waals surface area contributed by atoms with Gasteiger partial charge in [-0.2, -0.15) is 0 Å². The van der Waals surface area contributed by atoms with Crippen molar-refractivity contribution in [1.82, 2.24) is 9.97 Å². The molecule has 0 aliphatic rings. The molecule has 0 atom stereocenters. The lowest BCUT2D eigenvalue weighted by atomic mass is 10.3. The number of phenols is 2. The average Bonchev–Trinajstić information content (AvgIpc) is 2.41. The number of thioether (sulfide) groups is 1. The summed E-state index contributed by atoms with van der Waals surface area (Å²) in [7, 11) is 0. The first kappa shape index (κ1) is 14.1. The summed E-state index contributed by atoms with van der Waals surface area (Å²) in [6.07, 6.45) is 1.64. The smallest absolute Gasteiger partial charge is 0.234 e. The van der Waals surface area contributed by atoms with Gasteiger partial charge in [-0.15, -0.1) is 0 Å². The number of phenolic OH excluding ortho intramolecular Hbond substituents is 2. The fourth-order valence-corrected chi connectivity index (χ4v) is 2.10. The van der Waals surface area contributed by atoms with Crippen molar-refractivity contribution >= 4 is 23.4 Å². The van der Waals surface area contributed by atoms with Gasteiger partial charge >= 0.3 is 0 Å². The van der Waals surface area contributed by atoms with Gasteiger partial charge in [-0.05, 0) is 25.1 Å². The van der Waals surface area contributed by atoms with Gasteiger partial charge in [0, 0.05) is 23.6 Å². The molecule has 1 aromatic heterocycles. The lowest BCUT2D eigenvalue weighted by molar-refractivity contribution is -0.113. The zero-order valence-corrected chi connectivity index (χ0v) is 11.5. The van der Waals surface area contributed by atoms with Crippen molar-refractivity contribution in [2.24, 2.45) is 0 Å². The normalized spacial score (nSPS) is 10.2. The number of rotatable bonds is 4. The minimum atomic E-state index is -0.280. The SMILES string of the molecule is Cc1ccnc(SCC(=O)Nc2ccc(O)c(O)c2)n1. The second kappa shape index (κ2) is 6.25. The van der Waals surface area contributed by atoms with Crippen LogP contribution in [0.2, 0.25) is 0 Å². The Kier molecular flexibility index (Phi) is 4.41. The molecule has 2 aromatic rings. The van der Waals surface area contributed by atoms with Crippen LogP contribution >= 0.6 is 11.8 Å². The predicted octanol–water partition coefficient (Wildman–Crippen LogP) is 1.93. The third-order valence-electron chi connectivity index (χ3n) is 2.36. The Balaban J connectivity index is 1.91. The Hall–Kier alpha value is -2.28. The third-order valence-corrected chi connectivity index (χ3v) is 3.23. The van der Waals surface area contributed by atoms with Crippen LogP contribution in [0.25, 0.3) is 0 Å². The summed E-state index contributed by atoms with van der Waals surface area (Å²) >= 11 is 1.22. The summed E-state index contributed by atoms with van der Waals surface area (Å²) < 4.78 is 0. The molecule has 0 spiro atoms. The molecular formula is C13H13N3O3S. The van der Waals surface area contributed by atoms with E-state index in [4.69, 9.17) is 0 Å². The minimum absolute atomic E-state index is 0.158. The predicted molar refractivity (Wildman–Crippen MR) is 75.9 cm³/mol. The lowest BCUT2D eigenvalue weighted by Crippen LogP contribution is -2.14. The Labute approximate surface area is 119 Å². The molecule has 1 heterocycles. The van der Waals surface area contributed by atoms with E-state index in [0.717, 1.165) is 5.69 Å². The van der Waals surface area contributed by atoms with Crippen molar-refractivity contribution in [3.05, 3.63) is 36.2 Å². The standard InChI is InChI=1S/C13H13N3O3S/c1-8-4-5-14-13(15-8)20-7-12(19)16-9-2-3-10(17)11(18)6-9/h2-6,17-18H,7H2,1H3,(H,16,19). The Morgan fingerprint density at radius 2 is 2.10 bits per heavy atom. The van der Waals surface area contributed by atoms with Crippen LogP contribution in [0.3, 0.4) is 0 Å². The molecule has 6 nitrogen and oxygen atoms in total. The molecule has 1 amide bonds. The van der Waals surface area contributed by atoms with Crippen molar-refractivity contribution in [3.63, 3.8) is 0 Å². The zero-order chi connectivity index (χ0) is 14.5. The van der Waals surface area contributed by atoms with Crippen molar-refractivity contribution in [1.29, 1.82) is 0 Å². The fourth-order valence-electron chi connectivity index (χ4n) is 1.42. The number of benzene rings is 1. The highest BCUT2D eigenvalue weighted by atomic mass is 32.2. The van der Waals surface area contributed by atoms with Crippen molar-refractivity contribution in [2.75, 3.05) is 11.1 Å². The van der Waals surface area contributed by atoms with E-state index in [-0.39, 0.29) is 23.2 Å². The molecule has 3 N–H and O–H groups in total. The van der Waals surface area contributed by atoms with Crippen molar-refractivity contribution in [2.45, 2.75) is 12.1 Å². The van der Waals surface area contributed by atoms with E-state index in [1.165, 1.54) is 30.0 Å². The molecule has 0 aliphatic heterocycles.